The van der Waals surface area contributed by atoms with Gasteiger partial charge in [-0.25, -0.2) is 0 Å². The SMILES string of the molecule is CCNCC(=O)N(C)c1ccc(OC)cc1Cl. The average Bonchev–Trinajstić information content (AvgIpc) is 2.34. The van der Waals surface area contributed by atoms with E-state index in [4.69, 9.17) is 16.3 Å². The minimum Gasteiger partial charge on any atom is -0.497 e. The molecular formula is C12H17ClN2O2. The highest BCUT2D eigenvalue weighted by atomic mass is 35.5. The summed E-state index contributed by atoms with van der Waals surface area (Å²) in [5.74, 6) is 0.644. The van der Waals surface area contributed by atoms with Gasteiger partial charge in [0, 0.05) is 13.1 Å². The van der Waals surface area contributed by atoms with Crippen molar-refractivity contribution in [1.29, 1.82) is 0 Å². The Morgan fingerprint density at radius 2 is 2.24 bits per heavy atom. The predicted octanol–water partition coefficient (Wildman–Crippen LogP) is 1.92. The number of anilines is 1. The van der Waals surface area contributed by atoms with E-state index in [0.29, 0.717) is 23.0 Å². The molecule has 0 radical (unpaired) electrons. The van der Waals surface area contributed by atoms with Crippen LogP contribution >= 0.6 is 11.6 Å². The number of carbonyl (C=O) groups is 1. The number of methoxy groups -OCH3 is 1. The molecule has 5 heteroatoms. The van der Waals surface area contributed by atoms with Gasteiger partial charge in [0.25, 0.3) is 0 Å². The van der Waals surface area contributed by atoms with Gasteiger partial charge in [0.1, 0.15) is 5.75 Å². The fraction of sp³-hybridized carbons (Fsp3) is 0.417. The van der Waals surface area contributed by atoms with Gasteiger partial charge in [-0.15, -0.1) is 0 Å². The van der Waals surface area contributed by atoms with E-state index >= 15 is 0 Å². The van der Waals surface area contributed by atoms with Crippen LogP contribution in [0.5, 0.6) is 5.75 Å². The summed E-state index contributed by atoms with van der Waals surface area (Å²) in [6.07, 6.45) is 0. The number of carbonyl (C=O) groups excluding carboxylic acids is 1. The maximum absolute atomic E-state index is 11.8. The number of likely N-dealkylation sites (N-methyl/N-ethyl adjacent to an activating group) is 2. The Kier molecular flexibility index (Phi) is 5.25. The van der Waals surface area contributed by atoms with Crippen LogP contribution in [0.25, 0.3) is 0 Å². The largest absolute Gasteiger partial charge is 0.497 e. The third-order valence-corrected chi connectivity index (χ3v) is 2.72. The molecule has 4 nitrogen and oxygen atoms in total. The van der Waals surface area contributed by atoms with Gasteiger partial charge in [0.15, 0.2) is 0 Å². The number of rotatable bonds is 5. The first-order valence-corrected chi connectivity index (χ1v) is 5.78. The molecule has 94 valence electrons. The first-order valence-electron chi connectivity index (χ1n) is 5.41. The van der Waals surface area contributed by atoms with Crippen LogP contribution in [0.2, 0.25) is 5.02 Å². The first-order chi connectivity index (χ1) is 8.10. The highest BCUT2D eigenvalue weighted by Gasteiger charge is 2.13. The van der Waals surface area contributed by atoms with Gasteiger partial charge in [0.2, 0.25) is 5.91 Å². The molecular weight excluding hydrogens is 240 g/mol. The van der Waals surface area contributed by atoms with Crippen LogP contribution in [0.1, 0.15) is 6.92 Å². The standard InChI is InChI=1S/C12H17ClN2O2/c1-4-14-8-12(16)15(2)11-6-5-9(17-3)7-10(11)13/h5-7,14H,4,8H2,1-3H3. The molecule has 1 aromatic rings. The Labute approximate surface area is 107 Å². The average molecular weight is 257 g/mol. The predicted molar refractivity (Wildman–Crippen MR) is 70.0 cm³/mol. The molecule has 0 saturated carbocycles. The second-order valence-corrected chi connectivity index (χ2v) is 3.96. The molecule has 0 spiro atoms. The van der Waals surface area contributed by atoms with E-state index in [1.54, 1.807) is 32.4 Å². The fourth-order valence-corrected chi connectivity index (χ4v) is 1.67. The van der Waals surface area contributed by atoms with Crippen molar-refractivity contribution in [2.45, 2.75) is 6.92 Å². The summed E-state index contributed by atoms with van der Waals surface area (Å²) in [7, 11) is 3.28. The van der Waals surface area contributed by atoms with E-state index in [1.165, 1.54) is 4.90 Å². The summed E-state index contributed by atoms with van der Waals surface area (Å²) in [6, 6.07) is 5.23. The molecule has 0 bridgehead atoms. The van der Waals surface area contributed by atoms with Crippen molar-refractivity contribution in [2.24, 2.45) is 0 Å². The van der Waals surface area contributed by atoms with Crippen molar-refractivity contribution >= 4 is 23.2 Å². The van der Waals surface area contributed by atoms with Crippen LogP contribution in [0.3, 0.4) is 0 Å². The zero-order valence-corrected chi connectivity index (χ0v) is 11.0. The van der Waals surface area contributed by atoms with Crippen LogP contribution in [-0.2, 0) is 4.79 Å². The van der Waals surface area contributed by atoms with Gasteiger partial charge in [-0.3, -0.25) is 4.79 Å². The minimum absolute atomic E-state index is 0.0288. The van der Waals surface area contributed by atoms with E-state index in [1.807, 2.05) is 6.92 Å². The van der Waals surface area contributed by atoms with Crippen molar-refractivity contribution in [2.75, 3.05) is 32.1 Å². The van der Waals surface area contributed by atoms with E-state index in [0.717, 1.165) is 6.54 Å². The summed E-state index contributed by atoms with van der Waals surface area (Å²) >= 11 is 6.09. The molecule has 0 aromatic heterocycles. The molecule has 0 fully saturated rings. The zero-order chi connectivity index (χ0) is 12.8. The number of halogens is 1. The Balaban J connectivity index is 2.81. The van der Waals surface area contributed by atoms with Gasteiger partial charge in [-0.1, -0.05) is 18.5 Å². The van der Waals surface area contributed by atoms with Gasteiger partial charge >= 0.3 is 0 Å². The van der Waals surface area contributed by atoms with Crippen molar-refractivity contribution in [3.63, 3.8) is 0 Å². The second kappa shape index (κ2) is 6.47. The zero-order valence-electron chi connectivity index (χ0n) is 10.3. The topological polar surface area (TPSA) is 41.6 Å². The molecule has 1 aromatic carbocycles. The summed E-state index contributed by atoms with van der Waals surface area (Å²) < 4.78 is 5.05. The number of benzene rings is 1. The van der Waals surface area contributed by atoms with E-state index in [2.05, 4.69) is 5.32 Å². The Bertz CT molecular complexity index is 396. The van der Waals surface area contributed by atoms with E-state index in [-0.39, 0.29) is 5.91 Å². The number of nitrogens with one attached hydrogen (secondary N) is 1. The number of hydrogen-bond donors (Lipinski definition) is 1. The van der Waals surface area contributed by atoms with Crippen LogP contribution < -0.4 is 15.0 Å². The van der Waals surface area contributed by atoms with Crippen LogP contribution in [0.15, 0.2) is 18.2 Å². The number of ether oxygens (including phenoxy) is 1. The molecule has 0 saturated heterocycles. The molecule has 0 aliphatic heterocycles. The van der Waals surface area contributed by atoms with Crippen molar-refractivity contribution in [3.8, 4) is 5.75 Å². The van der Waals surface area contributed by atoms with Crippen LogP contribution in [0, 0.1) is 0 Å². The maximum atomic E-state index is 11.8. The van der Waals surface area contributed by atoms with Gasteiger partial charge in [-0.2, -0.15) is 0 Å². The summed E-state index contributed by atoms with van der Waals surface area (Å²) in [5.41, 5.74) is 0.676. The van der Waals surface area contributed by atoms with E-state index < -0.39 is 0 Å². The molecule has 1 N–H and O–H groups in total. The molecule has 17 heavy (non-hydrogen) atoms. The smallest absolute Gasteiger partial charge is 0.240 e. The Hall–Kier alpha value is -1.26. The molecule has 0 aliphatic carbocycles. The monoisotopic (exact) mass is 256 g/mol. The number of amides is 1. The van der Waals surface area contributed by atoms with E-state index in [9.17, 15) is 4.79 Å². The van der Waals surface area contributed by atoms with Crippen LogP contribution in [0.4, 0.5) is 5.69 Å². The number of nitrogens with zero attached hydrogens (tertiary/aromatic N) is 1. The lowest BCUT2D eigenvalue weighted by molar-refractivity contribution is -0.117. The Morgan fingerprint density at radius 3 is 2.76 bits per heavy atom. The molecule has 0 unspecified atom stereocenters. The minimum atomic E-state index is -0.0288. The Morgan fingerprint density at radius 1 is 1.53 bits per heavy atom. The molecule has 0 aliphatic rings. The van der Waals surface area contributed by atoms with Gasteiger partial charge < -0.3 is 15.0 Å². The molecule has 1 rings (SSSR count). The molecule has 0 atom stereocenters. The number of hydrogen-bond acceptors (Lipinski definition) is 3. The van der Waals surface area contributed by atoms with Crippen molar-refractivity contribution < 1.29 is 9.53 Å². The lowest BCUT2D eigenvalue weighted by atomic mass is 10.2. The van der Waals surface area contributed by atoms with Crippen LogP contribution in [-0.4, -0.2) is 33.2 Å². The molecule has 1 amide bonds. The summed E-state index contributed by atoms with van der Waals surface area (Å²) in [4.78, 5) is 13.3. The third-order valence-electron chi connectivity index (χ3n) is 2.42. The molecule has 0 heterocycles. The second-order valence-electron chi connectivity index (χ2n) is 3.55. The summed E-state index contributed by atoms with van der Waals surface area (Å²) in [5, 5.41) is 3.48. The highest BCUT2D eigenvalue weighted by Crippen LogP contribution is 2.29. The lowest BCUT2D eigenvalue weighted by Crippen LogP contribution is -2.35. The van der Waals surface area contributed by atoms with Gasteiger partial charge in [0.05, 0.1) is 24.4 Å². The lowest BCUT2D eigenvalue weighted by Gasteiger charge is -2.19. The normalized spacial score (nSPS) is 10.1. The first kappa shape index (κ1) is 13.8. The maximum Gasteiger partial charge on any atom is 0.240 e. The summed E-state index contributed by atoms with van der Waals surface area (Å²) in [6.45, 7) is 3.01. The quantitative estimate of drug-likeness (QED) is 0.875. The fourth-order valence-electron chi connectivity index (χ4n) is 1.37. The highest BCUT2D eigenvalue weighted by molar-refractivity contribution is 6.34. The van der Waals surface area contributed by atoms with Crippen molar-refractivity contribution in [3.05, 3.63) is 23.2 Å². The van der Waals surface area contributed by atoms with Crippen molar-refractivity contribution in [1.82, 2.24) is 5.32 Å². The third kappa shape index (κ3) is 3.61. The van der Waals surface area contributed by atoms with Gasteiger partial charge in [-0.05, 0) is 18.7 Å².